The number of rotatable bonds is 8. The zero-order valence-corrected chi connectivity index (χ0v) is 18.1. The van der Waals surface area contributed by atoms with E-state index in [1.54, 1.807) is 44.4 Å². The Balaban J connectivity index is 1.45. The van der Waals surface area contributed by atoms with Crippen molar-refractivity contribution in [2.75, 3.05) is 12.1 Å². The highest BCUT2D eigenvalue weighted by atomic mass is 16.5. The van der Waals surface area contributed by atoms with Crippen LogP contribution in [-0.2, 0) is 17.6 Å². The molecule has 4 rings (SSSR count). The maximum atomic E-state index is 13.0. The summed E-state index contributed by atoms with van der Waals surface area (Å²) < 4.78 is 10.9. The van der Waals surface area contributed by atoms with E-state index in [0.29, 0.717) is 22.9 Å². The van der Waals surface area contributed by atoms with E-state index in [-0.39, 0.29) is 35.9 Å². The number of amides is 1. The van der Waals surface area contributed by atoms with Crippen molar-refractivity contribution in [1.82, 2.24) is 0 Å². The predicted octanol–water partition coefficient (Wildman–Crippen LogP) is 3.99. The summed E-state index contributed by atoms with van der Waals surface area (Å²) in [6, 6.07) is 16.6. The van der Waals surface area contributed by atoms with Crippen LogP contribution in [0.25, 0.3) is 0 Å². The van der Waals surface area contributed by atoms with Gasteiger partial charge >= 0.3 is 5.97 Å². The third-order valence-corrected chi connectivity index (χ3v) is 5.45. The molecule has 8 nitrogen and oxygen atoms in total. The van der Waals surface area contributed by atoms with Crippen molar-refractivity contribution in [1.29, 1.82) is 0 Å². The SMILES string of the molecule is COc1cccc(CC(=O)c2ccc(CC3C(=O)N(c4cccc(C(=O)O)c4)N=C3C)o2)c1. The molecule has 0 radical (unpaired) electrons. The summed E-state index contributed by atoms with van der Waals surface area (Å²) in [6.07, 6.45) is 0.413. The van der Waals surface area contributed by atoms with Crippen LogP contribution in [0.2, 0.25) is 0 Å². The van der Waals surface area contributed by atoms with Gasteiger partial charge in [-0.15, -0.1) is 0 Å². The van der Waals surface area contributed by atoms with Crippen molar-refractivity contribution in [3.63, 3.8) is 0 Å². The lowest BCUT2D eigenvalue weighted by Gasteiger charge is -2.14. The number of furan rings is 1. The average Bonchev–Trinajstić information content (AvgIpc) is 3.39. The number of hydrogen-bond acceptors (Lipinski definition) is 6. The first-order valence-corrected chi connectivity index (χ1v) is 10.3. The molecule has 1 aromatic heterocycles. The molecular weight excluding hydrogens is 424 g/mol. The Morgan fingerprint density at radius 1 is 1.12 bits per heavy atom. The number of anilines is 1. The molecule has 1 unspecified atom stereocenters. The molecule has 1 N–H and O–H groups in total. The first-order chi connectivity index (χ1) is 15.9. The molecule has 33 heavy (non-hydrogen) atoms. The fraction of sp³-hybridized carbons (Fsp3) is 0.200. The van der Waals surface area contributed by atoms with E-state index < -0.39 is 11.9 Å². The second kappa shape index (κ2) is 9.12. The lowest BCUT2D eigenvalue weighted by Crippen LogP contribution is -2.28. The van der Waals surface area contributed by atoms with Crippen LogP contribution in [0.15, 0.2) is 70.2 Å². The number of hydrazone groups is 1. The number of methoxy groups -OCH3 is 1. The van der Waals surface area contributed by atoms with Crippen LogP contribution in [0.1, 0.15) is 39.2 Å². The number of carboxylic acid groups (broad SMARTS) is 1. The fourth-order valence-corrected chi connectivity index (χ4v) is 3.69. The Morgan fingerprint density at radius 3 is 2.67 bits per heavy atom. The van der Waals surface area contributed by atoms with E-state index in [9.17, 15) is 19.5 Å². The molecule has 8 heteroatoms. The molecule has 2 aromatic carbocycles. The number of ether oxygens (including phenoxy) is 1. The number of benzene rings is 2. The number of ketones is 1. The first kappa shape index (κ1) is 22.0. The highest BCUT2D eigenvalue weighted by Gasteiger charge is 2.35. The molecule has 0 aliphatic carbocycles. The van der Waals surface area contributed by atoms with E-state index in [0.717, 1.165) is 5.56 Å². The molecule has 3 aromatic rings. The molecule has 1 amide bonds. The Hall–Kier alpha value is -4.20. The number of hydrogen-bond donors (Lipinski definition) is 1. The van der Waals surface area contributed by atoms with Gasteiger partial charge in [-0.05, 0) is 55.0 Å². The molecule has 0 saturated carbocycles. The van der Waals surface area contributed by atoms with Crippen LogP contribution in [0.3, 0.4) is 0 Å². The minimum absolute atomic E-state index is 0.0711. The van der Waals surface area contributed by atoms with Gasteiger partial charge in [0.25, 0.3) is 5.91 Å². The van der Waals surface area contributed by atoms with Crippen LogP contribution in [-0.4, -0.2) is 35.6 Å². The first-order valence-electron chi connectivity index (χ1n) is 10.3. The van der Waals surface area contributed by atoms with Crippen LogP contribution in [0.5, 0.6) is 5.75 Å². The van der Waals surface area contributed by atoms with Gasteiger partial charge in [0.2, 0.25) is 5.78 Å². The molecule has 1 aliphatic rings. The van der Waals surface area contributed by atoms with Gasteiger partial charge in [0.15, 0.2) is 5.76 Å². The minimum atomic E-state index is -1.08. The maximum absolute atomic E-state index is 13.0. The van der Waals surface area contributed by atoms with Gasteiger partial charge < -0.3 is 14.3 Å². The topological polar surface area (TPSA) is 109 Å². The Morgan fingerprint density at radius 2 is 1.91 bits per heavy atom. The molecule has 0 saturated heterocycles. The zero-order valence-electron chi connectivity index (χ0n) is 18.1. The van der Waals surface area contributed by atoms with Gasteiger partial charge in [0.05, 0.1) is 24.3 Å². The van der Waals surface area contributed by atoms with Gasteiger partial charge in [-0.1, -0.05) is 18.2 Å². The van der Waals surface area contributed by atoms with E-state index in [1.807, 2.05) is 18.2 Å². The number of aromatic carboxylic acids is 1. The standard InChI is InChI=1S/C25H22N2O6/c1-15-21(24(29)27(26-15)18-7-4-6-17(13-18)25(30)31)14-20-9-10-23(33-20)22(28)12-16-5-3-8-19(11-16)32-2/h3-11,13,21H,12,14H2,1-2H3,(H,30,31). The summed E-state index contributed by atoms with van der Waals surface area (Å²) in [4.78, 5) is 36.9. The minimum Gasteiger partial charge on any atom is -0.497 e. The maximum Gasteiger partial charge on any atom is 0.335 e. The van der Waals surface area contributed by atoms with Crippen molar-refractivity contribution in [2.24, 2.45) is 11.0 Å². The van der Waals surface area contributed by atoms with Gasteiger partial charge in [0, 0.05) is 18.6 Å². The van der Waals surface area contributed by atoms with Crippen LogP contribution < -0.4 is 9.75 Å². The van der Waals surface area contributed by atoms with Crippen LogP contribution in [0, 0.1) is 5.92 Å². The second-order valence-corrected chi connectivity index (χ2v) is 7.72. The highest BCUT2D eigenvalue weighted by Crippen LogP contribution is 2.27. The highest BCUT2D eigenvalue weighted by molar-refractivity contribution is 6.15. The summed E-state index contributed by atoms with van der Waals surface area (Å²) in [7, 11) is 1.57. The number of Topliss-reactive ketones (excluding diaryl/α,β-unsaturated/α-hetero) is 1. The summed E-state index contributed by atoms with van der Waals surface area (Å²) >= 11 is 0. The van der Waals surface area contributed by atoms with Gasteiger partial charge in [-0.25, -0.2) is 9.80 Å². The number of carbonyl (C=O) groups is 3. The Labute approximate surface area is 190 Å². The molecular formula is C25H22N2O6. The molecule has 1 atom stereocenters. The third-order valence-electron chi connectivity index (χ3n) is 5.45. The van der Waals surface area contributed by atoms with Gasteiger partial charge in [-0.2, -0.15) is 5.10 Å². The van der Waals surface area contributed by atoms with Crippen molar-refractivity contribution < 1.29 is 28.6 Å². The number of carboxylic acids is 1. The third kappa shape index (κ3) is 4.69. The smallest absolute Gasteiger partial charge is 0.335 e. The molecule has 168 valence electrons. The van der Waals surface area contributed by atoms with Crippen LogP contribution >= 0.6 is 0 Å². The summed E-state index contributed by atoms with van der Waals surface area (Å²) in [6.45, 7) is 1.74. The van der Waals surface area contributed by atoms with E-state index in [2.05, 4.69) is 5.10 Å². The molecule has 0 fully saturated rings. The van der Waals surface area contributed by atoms with Crippen molar-refractivity contribution >= 4 is 29.1 Å². The molecule has 2 heterocycles. The van der Waals surface area contributed by atoms with E-state index in [1.165, 1.54) is 17.1 Å². The Kier molecular flexibility index (Phi) is 6.08. The molecule has 1 aliphatic heterocycles. The van der Waals surface area contributed by atoms with Crippen molar-refractivity contribution in [2.45, 2.75) is 19.8 Å². The zero-order chi connectivity index (χ0) is 23.5. The lowest BCUT2D eigenvalue weighted by molar-refractivity contribution is -0.119. The second-order valence-electron chi connectivity index (χ2n) is 7.72. The summed E-state index contributed by atoms with van der Waals surface area (Å²) in [5.41, 5.74) is 1.85. The molecule has 0 bridgehead atoms. The largest absolute Gasteiger partial charge is 0.497 e. The normalized spacial score (nSPS) is 15.5. The molecule has 0 spiro atoms. The van der Waals surface area contributed by atoms with Crippen molar-refractivity contribution in [3.05, 3.63) is 83.3 Å². The number of nitrogens with zero attached hydrogens (tertiary/aromatic N) is 2. The quantitative estimate of drug-likeness (QED) is 0.524. The van der Waals surface area contributed by atoms with Crippen molar-refractivity contribution in [3.8, 4) is 5.75 Å². The summed E-state index contributed by atoms with van der Waals surface area (Å²) in [5, 5.41) is 14.7. The number of carbonyl (C=O) groups excluding carboxylic acids is 2. The average molecular weight is 446 g/mol. The monoisotopic (exact) mass is 446 g/mol. The lowest BCUT2D eigenvalue weighted by atomic mass is 9.99. The van der Waals surface area contributed by atoms with E-state index >= 15 is 0 Å². The van der Waals surface area contributed by atoms with E-state index in [4.69, 9.17) is 9.15 Å². The van der Waals surface area contributed by atoms with Crippen LogP contribution in [0.4, 0.5) is 5.69 Å². The Bertz CT molecular complexity index is 1260. The predicted molar refractivity (Wildman–Crippen MR) is 121 cm³/mol. The summed E-state index contributed by atoms with van der Waals surface area (Å²) in [5.74, 6) is -0.709. The van der Waals surface area contributed by atoms with Gasteiger partial charge in [-0.3, -0.25) is 9.59 Å². The van der Waals surface area contributed by atoms with Gasteiger partial charge in [0.1, 0.15) is 11.5 Å². The fourth-order valence-electron chi connectivity index (χ4n) is 3.69.